The molecule has 0 atom stereocenters. The van der Waals surface area contributed by atoms with Crippen LogP contribution in [0.25, 0.3) is 5.69 Å². The Bertz CT molecular complexity index is 804. The molecule has 1 heterocycles. The Morgan fingerprint density at radius 2 is 1.81 bits per heavy atom. The van der Waals surface area contributed by atoms with Crippen LogP contribution in [0.3, 0.4) is 0 Å². The number of benzene rings is 2. The first-order valence-electron chi connectivity index (χ1n) is 8.77. The first-order valence-corrected chi connectivity index (χ1v) is 9.75. The van der Waals surface area contributed by atoms with E-state index in [0.29, 0.717) is 13.0 Å². The number of rotatable bonds is 9. The van der Waals surface area contributed by atoms with E-state index in [1.165, 1.54) is 5.56 Å². The van der Waals surface area contributed by atoms with Crippen molar-refractivity contribution in [3.05, 3.63) is 66.0 Å². The number of thioether (sulfide) groups is 1. The SMILES string of the molecule is CCOc1ccc(-n2c(Cc3ccccc3)nnc2SCCCO)cc1. The predicted molar refractivity (Wildman–Crippen MR) is 104 cm³/mol. The van der Waals surface area contributed by atoms with Crippen molar-refractivity contribution in [2.75, 3.05) is 19.0 Å². The van der Waals surface area contributed by atoms with Gasteiger partial charge in [-0.2, -0.15) is 0 Å². The smallest absolute Gasteiger partial charge is 0.195 e. The summed E-state index contributed by atoms with van der Waals surface area (Å²) in [4.78, 5) is 0. The molecule has 0 saturated carbocycles. The van der Waals surface area contributed by atoms with Gasteiger partial charge < -0.3 is 9.84 Å². The molecule has 0 radical (unpaired) electrons. The molecule has 0 unspecified atom stereocenters. The van der Waals surface area contributed by atoms with Crippen LogP contribution in [0, 0.1) is 0 Å². The lowest BCUT2D eigenvalue weighted by Gasteiger charge is -2.11. The number of nitrogens with zero attached hydrogens (tertiary/aromatic N) is 3. The lowest BCUT2D eigenvalue weighted by atomic mass is 10.1. The van der Waals surface area contributed by atoms with Crippen molar-refractivity contribution in [1.29, 1.82) is 0 Å². The van der Waals surface area contributed by atoms with Crippen molar-refractivity contribution in [2.45, 2.75) is 24.9 Å². The molecular formula is C20H23N3O2S. The molecule has 5 nitrogen and oxygen atoms in total. The maximum Gasteiger partial charge on any atom is 0.195 e. The van der Waals surface area contributed by atoms with Crippen LogP contribution in [0.1, 0.15) is 24.7 Å². The van der Waals surface area contributed by atoms with E-state index in [-0.39, 0.29) is 6.61 Å². The minimum Gasteiger partial charge on any atom is -0.494 e. The summed E-state index contributed by atoms with van der Waals surface area (Å²) in [5.41, 5.74) is 2.20. The van der Waals surface area contributed by atoms with Crippen LogP contribution >= 0.6 is 11.8 Å². The zero-order chi connectivity index (χ0) is 18.2. The molecule has 3 aromatic rings. The molecule has 0 bridgehead atoms. The minimum atomic E-state index is 0.182. The van der Waals surface area contributed by atoms with Gasteiger partial charge in [0.2, 0.25) is 0 Å². The molecule has 1 aromatic heterocycles. The zero-order valence-corrected chi connectivity index (χ0v) is 15.7. The van der Waals surface area contributed by atoms with Gasteiger partial charge in [-0.05, 0) is 43.2 Å². The molecule has 0 saturated heterocycles. The number of hydrogen-bond donors (Lipinski definition) is 1. The van der Waals surface area contributed by atoms with Crippen LogP contribution in [0.4, 0.5) is 0 Å². The third kappa shape index (κ3) is 4.65. The second-order valence-electron chi connectivity index (χ2n) is 5.75. The lowest BCUT2D eigenvalue weighted by molar-refractivity contribution is 0.296. The molecular weight excluding hydrogens is 346 g/mol. The number of aliphatic hydroxyl groups excluding tert-OH is 1. The summed E-state index contributed by atoms with van der Waals surface area (Å²) in [6.45, 7) is 2.80. The Morgan fingerprint density at radius 1 is 1.04 bits per heavy atom. The number of aliphatic hydroxyl groups is 1. The largest absolute Gasteiger partial charge is 0.494 e. The quantitative estimate of drug-likeness (QED) is 0.460. The third-order valence-electron chi connectivity index (χ3n) is 3.84. The molecule has 0 spiro atoms. The van der Waals surface area contributed by atoms with Gasteiger partial charge in [-0.15, -0.1) is 10.2 Å². The van der Waals surface area contributed by atoms with Gasteiger partial charge in [-0.25, -0.2) is 0 Å². The highest BCUT2D eigenvalue weighted by Gasteiger charge is 2.15. The summed E-state index contributed by atoms with van der Waals surface area (Å²) in [5.74, 6) is 2.55. The molecule has 3 rings (SSSR count). The zero-order valence-electron chi connectivity index (χ0n) is 14.8. The summed E-state index contributed by atoms with van der Waals surface area (Å²) in [5, 5.41) is 18.7. The summed E-state index contributed by atoms with van der Waals surface area (Å²) in [7, 11) is 0. The standard InChI is InChI=1S/C20H23N3O2S/c1-2-25-18-11-9-17(10-12-18)23-19(15-16-7-4-3-5-8-16)21-22-20(23)26-14-6-13-24/h3-5,7-12,24H,2,6,13-15H2,1H3. The second kappa shape index (κ2) is 9.40. The Kier molecular flexibility index (Phi) is 6.68. The van der Waals surface area contributed by atoms with Crippen LogP contribution < -0.4 is 4.74 Å². The summed E-state index contributed by atoms with van der Waals surface area (Å²) < 4.78 is 7.63. The Labute approximate surface area is 158 Å². The first kappa shape index (κ1) is 18.5. The maximum absolute atomic E-state index is 9.04. The second-order valence-corrected chi connectivity index (χ2v) is 6.81. The van der Waals surface area contributed by atoms with Gasteiger partial charge in [-0.1, -0.05) is 42.1 Å². The molecule has 2 aromatic carbocycles. The van der Waals surface area contributed by atoms with Gasteiger partial charge in [0.15, 0.2) is 5.16 Å². The van der Waals surface area contributed by atoms with Crippen LogP contribution in [0.15, 0.2) is 59.8 Å². The highest BCUT2D eigenvalue weighted by Crippen LogP contribution is 2.25. The average molecular weight is 369 g/mol. The highest BCUT2D eigenvalue weighted by molar-refractivity contribution is 7.99. The van der Waals surface area contributed by atoms with Crippen LogP contribution in [-0.2, 0) is 6.42 Å². The molecule has 26 heavy (non-hydrogen) atoms. The van der Waals surface area contributed by atoms with Crippen LogP contribution in [0.2, 0.25) is 0 Å². The fraction of sp³-hybridized carbons (Fsp3) is 0.300. The molecule has 0 aliphatic heterocycles. The van der Waals surface area contributed by atoms with Crippen molar-refractivity contribution in [3.8, 4) is 11.4 Å². The lowest BCUT2D eigenvalue weighted by Crippen LogP contribution is -2.04. The van der Waals surface area contributed by atoms with E-state index in [0.717, 1.165) is 34.6 Å². The van der Waals surface area contributed by atoms with Crippen molar-refractivity contribution in [2.24, 2.45) is 0 Å². The molecule has 136 valence electrons. The van der Waals surface area contributed by atoms with Crippen molar-refractivity contribution >= 4 is 11.8 Å². The highest BCUT2D eigenvalue weighted by atomic mass is 32.2. The predicted octanol–water partition coefficient (Wildman–Crippen LogP) is 3.73. The first-order chi connectivity index (χ1) is 12.8. The van der Waals surface area contributed by atoms with Gasteiger partial charge in [-0.3, -0.25) is 4.57 Å². The normalized spacial score (nSPS) is 10.8. The number of aromatic nitrogens is 3. The van der Waals surface area contributed by atoms with Crippen LogP contribution in [-0.4, -0.2) is 38.8 Å². The summed E-state index contributed by atoms with van der Waals surface area (Å²) >= 11 is 1.61. The van der Waals surface area contributed by atoms with E-state index < -0.39 is 0 Å². The van der Waals surface area contributed by atoms with Crippen molar-refractivity contribution < 1.29 is 9.84 Å². The number of ether oxygens (including phenoxy) is 1. The molecule has 0 amide bonds. The summed E-state index contributed by atoms with van der Waals surface area (Å²) in [6.07, 6.45) is 1.44. The summed E-state index contributed by atoms with van der Waals surface area (Å²) in [6, 6.07) is 18.2. The average Bonchev–Trinajstić information content (AvgIpc) is 3.06. The maximum atomic E-state index is 9.04. The Balaban J connectivity index is 1.91. The molecule has 0 aliphatic rings. The molecule has 0 aliphatic carbocycles. The van der Waals surface area contributed by atoms with Gasteiger partial charge in [0.25, 0.3) is 0 Å². The van der Waals surface area contributed by atoms with E-state index >= 15 is 0 Å². The van der Waals surface area contributed by atoms with Gasteiger partial charge in [0.05, 0.1) is 6.61 Å². The van der Waals surface area contributed by atoms with Crippen molar-refractivity contribution in [3.63, 3.8) is 0 Å². The van der Waals surface area contributed by atoms with E-state index in [1.807, 2.05) is 49.4 Å². The number of hydrogen-bond acceptors (Lipinski definition) is 5. The van der Waals surface area contributed by atoms with E-state index in [4.69, 9.17) is 9.84 Å². The van der Waals surface area contributed by atoms with Gasteiger partial charge >= 0.3 is 0 Å². The monoisotopic (exact) mass is 369 g/mol. The van der Waals surface area contributed by atoms with E-state index in [1.54, 1.807) is 11.8 Å². The van der Waals surface area contributed by atoms with E-state index in [2.05, 4.69) is 26.9 Å². The van der Waals surface area contributed by atoms with E-state index in [9.17, 15) is 0 Å². The topological polar surface area (TPSA) is 60.2 Å². The Morgan fingerprint density at radius 3 is 2.50 bits per heavy atom. The Hall–Kier alpha value is -2.31. The van der Waals surface area contributed by atoms with Gasteiger partial charge in [0.1, 0.15) is 11.6 Å². The fourth-order valence-corrected chi connectivity index (χ4v) is 3.53. The molecule has 0 fully saturated rings. The van der Waals surface area contributed by atoms with Gasteiger partial charge in [0, 0.05) is 24.5 Å². The molecule has 6 heteroatoms. The van der Waals surface area contributed by atoms with Crippen molar-refractivity contribution in [1.82, 2.24) is 14.8 Å². The fourth-order valence-electron chi connectivity index (χ4n) is 2.63. The minimum absolute atomic E-state index is 0.182. The third-order valence-corrected chi connectivity index (χ3v) is 4.86. The van der Waals surface area contributed by atoms with Crippen LogP contribution in [0.5, 0.6) is 5.75 Å². The molecule has 1 N–H and O–H groups in total.